The maximum atomic E-state index is 12.5. The number of hydrogen-bond acceptors (Lipinski definition) is 3. The Balaban J connectivity index is 1.50. The minimum absolute atomic E-state index is 0.0827. The molecule has 2 amide bonds. The molecule has 0 bridgehead atoms. The Morgan fingerprint density at radius 3 is 2.39 bits per heavy atom. The van der Waals surface area contributed by atoms with Crippen LogP contribution in [0.15, 0.2) is 0 Å². The van der Waals surface area contributed by atoms with E-state index in [-0.39, 0.29) is 17.4 Å². The van der Waals surface area contributed by atoms with Gasteiger partial charge in [0.2, 0.25) is 11.8 Å². The number of rotatable bonds is 4. The van der Waals surface area contributed by atoms with Crippen LogP contribution in [0.3, 0.4) is 0 Å². The summed E-state index contributed by atoms with van der Waals surface area (Å²) in [5.41, 5.74) is -0.0827. The average molecular weight is 321 g/mol. The zero-order valence-corrected chi connectivity index (χ0v) is 14.6. The lowest BCUT2D eigenvalue weighted by atomic mass is 10.1. The van der Waals surface area contributed by atoms with Crippen LogP contribution in [-0.2, 0) is 9.59 Å². The topological polar surface area (TPSA) is 52.7 Å². The molecule has 0 aromatic carbocycles. The Bertz CT molecular complexity index is 455. The van der Waals surface area contributed by atoms with E-state index in [1.54, 1.807) is 0 Å². The van der Waals surface area contributed by atoms with E-state index < -0.39 is 0 Å². The first-order valence-corrected chi connectivity index (χ1v) is 9.33. The molecule has 0 aromatic rings. The average Bonchev–Trinajstić information content (AvgIpc) is 3.18. The summed E-state index contributed by atoms with van der Waals surface area (Å²) in [5, 5.41) is 3.20. The molecule has 3 fully saturated rings. The van der Waals surface area contributed by atoms with Gasteiger partial charge in [-0.05, 0) is 39.0 Å². The van der Waals surface area contributed by atoms with E-state index >= 15 is 0 Å². The van der Waals surface area contributed by atoms with Crippen molar-refractivity contribution in [2.24, 2.45) is 5.41 Å². The third-order valence-electron chi connectivity index (χ3n) is 5.96. The van der Waals surface area contributed by atoms with E-state index in [9.17, 15) is 9.59 Å². The van der Waals surface area contributed by atoms with Gasteiger partial charge in [0.25, 0.3) is 0 Å². The number of hydrogen-bond donors (Lipinski definition) is 1. The van der Waals surface area contributed by atoms with Crippen molar-refractivity contribution < 1.29 is 9.59 Å². The van der Waals surface area contributed by atoms with E-state index in [1.807, 2.05) is 11.8 Å². The van der Waals surface area contributed by atoms with Crippen molar-refractivity contribution in [2.75, 3.05) is 26.2 Å². The second kappa shape index (κ2) is 6.80. The SMILES string of the molecule is CC(C(=O)NC1CCCC1)N1CCCN(C(=O)C2(C)CC2)CC1. The number of nitrogens with zero attached hydrogens (tertiary/aromatic N) is 2. The molecule has 1 heterocycles. The summed E-state index contributed by atoms with van der Waals surface area (Å²) in [6.07, 6.45) is 7.75. The molecule has 5 heteroatoms. The highest BCUT2D eigenvalue weighted by atomic mass is 16.2. The van der Waals surface area contributed by atoms with Crippen LogP contribution >= 0.6 is 0 Å². The highest BCUT2D eigenvalue weighted by molar-refractivity contribution is 5.85. The van der Waals surface area contributed by atoms with Gasteiger partial charge < -0.3 is 10.2 Å². The summed E-state index contributed by atoms with van der Waals surface area (Å²) < 4.78 is 0. The monoisotopic (exact) mass is 321 g/mol. The van der Waals surface area contributed by atoms with Crippen molar-refractivity contribution >= 4 is 11.8 Å². The first-order chi connectivity index (χ1) is 11.0. The van der Waals surface area contributed by atoms with Gasteiger partial charge in [0.1, 0.15) is 0 Å². The van der Waals surface area contributed by atoms with Crippen molar-refractivity contribution in [3.8, 4) is 0 Å². The molecule has 1 atom stereocenters. The molecule has 2 saturated carbocycles. The van der Waals surface area contributed by atoms with Crippen LogP contribution in [-0.4, -0.2) is 59.9 Å². The molecule has 3 aliphatic rings. The summed E-state index contributed by atoms with van der Waals surface area (Å²) >= 11 is 0. The third kappa shape index (κ3) is 3.87. The number of amides is 2. The number of nitrogens with one attached hydrogen (secondary N) is 1. The van der Waals surface area contributed by atoms with Gasteiger partial charge in [-0.1, -0.05) is 19.8 Å². The molecular formula is C18H31N3O2. The van der Waals surface area contributed by atoms with Crippen LogP contribution in [0.2, 0.25) is 0 Å². The van der Waals surface area contributed by atoms with E-state index in [2.05, 4.69) is 17.1 Å². The molecule has 0 radical (unpaired) electrons. The van der Waals surface area contributed by atoms with Gasteiger partial charge in [0.15, 0.2) is 0 Å². The van der Waals surface area contributed by atoms with Gasteiger partial charge in [-0.15, -0.1) is 0 Å². The van der Waals surface area contributed by atoms with Crippen LogP contribution in [0.4, 0.5) is 0 Å². The zero-order valence-electron chi connectivity index (χ0n) is 14.6. The van der Waals surface area contributed by atoms with Gasteiger partial charge in [-0.25, -0.2) is 0 Å². The lowest BCUT2D eigenvalue weighted by molar-refractivity contribution is -0.136. The molecule has 1 saturated heterocycles. The molecule has 23 heavy (non-hydrogen) atoms. The maximum Gasteiger partial charge on any atom is 0.237 e. The van der Waals surface area contributed by atoms with Crippen molar-refractivity contribution in [3.05, 3.63) is 0 Å². The Hall–Kier alpha value is -1.10. The van der Waals surface area contributed by atoms with E-state index in [0.717, 1.165) is 58.3 Å². The molecule has 130 valence electrons. The quantitative estimate of drug-likeness (QED) is 0.858. The summed E-state index contributed by atoms with van der Waals surface area (Å²) in [6, 6.07) is 0.284. The molecule has 1 N–H and O–H groups in total. The summed E-state index contributed by atoms with van der Waals surface area (Å²) in [6.45, 7) is 7.39. The fourth-order valence-corrected chi connectivity index (χ4v) is 3.87. The molecule has 5 nitrogen and oxygen atoms in total. The van der Waals surface area contributed by atoms with Crippen molar-refractivity contribution in [2.45, 2.75) is 70.9 Å². The molecule has 0 aromatic heterocycles. The number of carbonyl (C=O) groups excluding carboxylic acids is 2. The largest absolute Gasteiger partial charge is 0.352 e. The Morgan fingerprint density at radius 1 is 1.04 bits per heavy atom. The first kappa shape index (κ1) is 16.7. The lowest BCUT2D eigenvalue weighted by Crippen LogP contribution is -2.49. The highest BCUT2D eigenvalue weighted by Gasteiger charge is 2.47. The third-order valence-corrected chi connectivity index (χ3v) is 5.96. The number of carbonyl (C=O) groups is 2. The molecule has 3 rings (SSSR count). The summed E-state index contributed by atoms with van der Waals surface area (Å²) in [5.74, 6) is 0.480. The van der Waals surface area contributed by atoms with Gasteiger partial charge in [-0.3, -0.25) is 14.5 Å². The molecular weight excluding hydrogens is 290 g/mol. The molecule has 2 aliphatic carbocycles. The zero-order chi connectivity index (χ0) is 16.4. The van der Waals surface area contributed by atoms with E-state index in [0.29, 0.717) is 11.9 Å². The van der Waals surface area contributed by atoms with Gasteiger partial charge >= 0.3 is 0 Å². The van der Waals surface area contributed by atoms with Crippen LogP contribution in [0.5, 0.6) is 0 Å². The predicted molar refractivity (Wildman–Crippen MR) is 90.0 cm³/mol. The smallest absolute Gasteiger partial charge is 0.237 e. The lowest BCUT2D eigenvalue weighted by Gasteiger charge is -2.28. The van der Waals surface area contributed by atoms with E-state index in [4.69, 9.17) is 0 Å². The normalized spacial score (nSPS) is 26.6. The van der Waals surface area contributed by atoms with Crippen LogP contribution in [0.25, 0.3) is 0 Å². The van der Waals surface area contributed by atoms with Gasteiger partial charge in [0.05, 0.1) is 6.04 Å². The standard InChI is InChI=1S/C18H31N3O2/c1-14(16(22)19-15-6-3-4-7-15)20-10-5-11-21(13-12-20)17(23)18(2)8-9-18/h14-15H,3-13H2,1-2H3,(H,19,22). The molecule has 1 unspecified atom stereocenters. The second-order valence-corrected chi connectivity index (χ2v) is 7.91. The first-order valence-electron chi connectivity index (χ1n) is 9.33. The second-order valence-electron chi connectivity index (χ2n) is 7.91. The fraction of sp³-hybridized carbons (Fsp3) is 0.889. The van der Waals surface area contributed by atoms with Crippen LogP contribution < -0.4 is 5.32 Å². The maximum absolute atomic E-state index is 12.5. The highest BCUT2D eigenvalue weighted by Crippen LogP contribution is 2.46. The predicted octanol–water partition coefficient (Wildman–Crippen LogP) is 1.77. The van der Waals surface area contributed by atoms with E-state index in [1.165, 1.54) is 12.8 Å². The fourth-order valence-electron chi connectivity index (χ4n) is 3.87. The summed E-state index contributed by atoms with van der Waals surface area (Å²) in [7, 11) is 0. The van der Waals surface area contributed by atoms with Crippen molar-refractivity contribution in [3.63, 3.8) is 0 Å². The molecule has 0 spiro atoms. The van der Waals surface area contributed by atoms with Crippen LogP contribution in [0.1, 0.15) is 58.8 Å². The minimum Gasteiger partial charge on any atom is -0.352 e. The van der Waals surface area contributed by atoms with Crippen molar-refractivity contribution in [1.82, 2.24) is 15.1 Å². The Morgan fingerprint density at radius 2 is 1.74 bits per heavy atom. The van der Waals surface area contributed by atoms with Crippen LogP contribution in [0, 0.1) is 5.41 Å². The summed E-state index contributed by atoms with van der Waals surface area (Å²) in [4.78, 5) is 29.2. The minimum atomic E-state index is -0.0952. The van der Waals surface area contributed by atoms with Gasteiger partial charge in [-0.2, -0.15) is 0 Å². The molecule has 1 aliphatic heterocycles. The Labute approximate surface area is 139 Å². The Kier molecular flexibility index (Phi) is 4.95. The van der Waals surface area contributed by atoms with Crippen molar-refractivity contribution in [1.29, 1.82) is 0 Å². The van der Waals surface area contributed by atoms with Gasteiger partial charge in [0, 0.05) is 37.6 Å².